The number of carbonyl (C=O) groups is 1. The molecule has 1 atom stereocenters. The van der Waals surface area contributed by atoms with E-state index in [9.17, 15) is 4.79 Å². The number of carbonyl (C=O) groups excluding carboxylic acids is 1. The van der Waals surface area contributed by atoms with Crippen molar-refractivity contribution in [2.75, 3.05) is 26.3 Å². The van der Waals surface area contributed by atoms with Gasteiger partial charge >= 0.3 is 0 Å². The number of hydrogen-bond acceptors (Lipinski definition) is 7. The van der Waals surface area contributed by atoms with Gasteiger partial charge < -0.3 is 14.4 Å². The van der Waals surface area contributed by atoms with E-state index in [2.05, 4.69) is 21.5 Å². The summed E-state index contributed by atoms with van der Waals surface area (Å²) < 4.78 is 18.4. The third-order valence-electron chi connectivity index (χ3n) is 5.89. The molecule has 1 saturated heterocycles. The second-order valence-electron chi connectivity index (χ2n) is 8.17. The molecular weight excluding hydrogens is 422 g/mol. The van der Waals surface area contributed by atoms with E-state index in [1.165, 1.54) is 5.56 Å². The van der Waals surface area contributed by atoms with E-state index in [0.717, 1.165) is 11.9 Å². The maximum atomic E-state index is 13.5. The highest BCUT2D eigenvalue weighted by Crippen LogP contribution is 2.24. The minimum absolute atomic E-state index is 0.0707. The summed E-state index contributed by atoms with van der Waals surface area (Å²) in [5.74, 6) is 0.615. The maximum Gasteiger partial charge on any atom is 0.257 e. The summed E-state index contributed by atoms with van der Waals surface area (Å²) in [4.78, 5) is 15.4. The Kier molecular flexibility index (Phi) is 6.03. The molecule has 3 aromatic heterocycles. The zero-order valence-electron chi connectivity index (χ0n) is 18.4. The molecule has 0 saturated carbocycles. The summed E-state index contributed by atoms with van der Waals surface area (Å²) in [7, 11) is 0. The van der Waals surface area contributed by atoms with Crippen molar-refractivity contribution >= 4 is 11.4 Å². The lowest BCUT2D eigenvalue weighted by atomic mass is 9.99. The molecule has 170 valence electrons. The summed E-state index contributed by atoms with van der Waals surface area (Å²) in [5.41, 5.74) is 4.06. The fourth-order valence-corrected chi connectivity index (χ4v) is 4.15. The standard InChI is InChI=1S/C24H25N5O4/c1-17-21(27-33-26-17)16-32-23-7-3-2-6-20(23)24(30)28-11-12-31-15-18(14-28)13-19-5-4-10-29-22(19)8-9-25-29/h2-10,18H,11-16H2,1H3/t18-/m1/s1. The van der Waals surface area contributed by atoms with Crippen LogP contribution < -0.4 is 4.74 Å². The second kappa shape index (κ2) is 9.41. The van der Waals surface area contributed by atoms with Crippen LogP contribution in [0.5, 0.6) is 5.75 Å². The second-order valence-corrected chi connectivity index (χ2v) is 8.17. The van der Waals surface area contributed by atoms with Crippen molar-refractivity contribution in [3.05, 3.63) is 77.4 Å². The Balaban J connectivity index is 1.32. The van der Waals surface area contributed by atoms with Crippen LogP contribution in [0.4, 0.5) is 0 Å². The summed E-state index contributed by atoms with van der Waals surface area (Å²) in [6.07, 6.45) is 4.54. The molecule has 1 fully saturated rings. The van der Waals surface area contributed by atoms with Gasteiger partial charge in [0.2, 0.25) is 0 Å². The van der Waals surface area contributed by atoms with E-state index in [0.29, 0.717) is 49.0 Å². The van der Waals surface area contributed by atoms with Crippen LogP contribution in [-0.4, -0.2) is 57.0 Å². The van der Waals surface area contributed by atoms with Gasteiger partial charge in [-0.3, -0.25) is 4.79 Å². The third kappa shape index (κ3) is 4.58. The van der Waals surface area contributed by atoms with Gasteiger partial charge in [0.1, 0.15) is 23.7 Å². The van der Waals surface area contributed by atoms with Gasteiger partial charge in [-0.2, -0.15) is 5.10 Å². The van der Waals surface area contributed by atoms with Crippen LogP contribution in [0.1, 0.15) is 27.3 Å². The van der Waals surface area contributed by atoms with E-state index < -0.39 is 0 Å². The number of para-hydroxylation sites is 1. The quantitative estimate of drug-likeness (QED) is 0.448. The Morgan fingerprint density at radius 1 is 1.18 bits per heavy atom. The minimum atomic E-state index is -0.0707. The van der Waals surface area contributed by atoms with Gasteiger partial charge in [-0.15, -0.1) is 0 Å². The number of aryl methyl sites for hydroxylation is 1. The molecule has 4 heterocycles. The number of nitrogens with zero attached hydrogens (tertiary/aromatic N) is 5. The minimum Gasteiger partial charge on any atom is -0.486 e. The first-order valence-corrected chi connectivity index (χ1v) is 11.0. The van der Waals surface area contributed by atoms with E-state index in [4.69, 9.17) is 14.1 Å². The molecule has 0 spiro atoms. The van der Waals surface area contributed by atoms with Gasteiger partial charge in [0.05, 0.1) is 24.3 Å². The predicted octanol–water partition coefficient (Wildman–Crippen LogP) is 2.94. The van der Waals surface area contributed by atoms with Crippen LogP contribution in [0.15, 0.2) is 59.5 Å². The third-order valence-corrected chi connectivity index (χ3v) is 5.89. The van der Waals surface area contributed by atoms with Crippen molar-refractivity contribution in [3.8, 4) is 5.75 Å². The molecular formula is C24H25N5O4. The van der Waals surface area contributed by atoms with Crippen molar-refractivity contribution in [2.24, 2.45) is 5.92 Å². The number of ether oxygens (including phenoxy) is 2. The summed E-state index contributed by atoms with van der Waals surface area (Å²) in [5, 5.41) is 11.9. The summed E-state index contributed by atoms with van der Waals surface area (Å²) >= 11 is 0. The van der Waals surface area contributed by atoms with Crippen molar-refractivity contribution < 1.29 is 18.9 Å². The largest absolute Gasteiger partial charge is 0.486 e. The van der Waals surface area contributed by atoms with Gasteiger partial charge in [0.25, 0.3) is 5.91 Å². The Morgan fingerprint density at radius 3 is 2.97 bits per heavy atom. The van der Waals surface area contributed by atoms with E-state index in [1.807, 2.05) is 39.9 Å². The molecule has 5 rings (SSSR count). The number of rotatable bonds is 6. The molecule has 1 aliphatic rings. The lowest BCUT2D eigenvalue weighted by Gasteiger charge is -2.25. The molecule has 9 nitrogen and oxygen atoms in total. The molecule has 1 aliphatic heterocycles. The van der Waals surface area contributed by atoms with E-state index in [-0.39, 0.29) is 18.4 Å². The molecule has 0 radical (unpaired) electrons. The Morgan fingerprint density at radius 2 is 2.09 bits per heavy atom. The normalized spacial score (nSPS) is 16.6. The number of aromatic nitrogens is 4. The molecule has 1 aromatic carbocycles. The molecule has 0 aliphatic carbocycles. The first-order chi connectivity index (χ1) is 16.2. The van der Waals surface area contributed by atoms with Crippen LogP contribution in [0, 0.1) is 12.8 Å². The first kappa shape index (κ1) is 21.1. The highest BCUT2D eigenvalue weighted by atomic mass is 16.6. The molecule has 9 heteroatoms. The Bertz CT molecular complexity index is 1250. The van der Waals surface area contributed by atoms with Crippen molar-refractivity contribution in [2.45, 2.75) is 20.0 Å². The molecule has 0 unspecified atom stereocenters. The molecule has 0 N–H and O–H groups in total. The molecule has 1 amide bonds. The van der Waals surface area contributed by atoms with Crippen LogP contribution in [0.25, 0.3) is 5.52 Å². The SMILES string of the molecule is Cc1nonc1COc1ccccc1C(=O)N1CCOC[C@H](Cc2cccn3nccc23)C1. The van der Waals surface area contributed by atoms with Crippen molar-refractivity contribution in [1.29, 1.82) is 0 Å². The molecule has 33 heavy (non-hydrogen) atoms. The van der Waals surface area contributed by atoms with Crippen molar-refractivity contribution in [3.63, 3.8) is 0 Å². The lowest BCUT2D eigenvalue weighted by Crippen LogP contribution is -2.36. The highest BCUT2D eigenvalue weighted by molar-refractivity contribution is 5.97. The zero-order chi connectivity index (χ0) is 22.6. The van der Waals surface area contributed by atoms with E-state index in [1.54, 1.807) is 25.3 Å². The van der Waals surface area contributed by atoms with Gasteiger partial charge in [0, 0.05) is 31.4 Å². The van der Waals surface area contributed by atoms with Gasteiger partial charge in [-0.25, -0.2) is 9.14 Å². The van der Waals surface area contributed by atoms with Crippen LogP contribution in [-0.2, 0) is 17.8 Å². The number of amides is 1. The number of fused-ring (bicyclic) bond motifs is 1. The highest BCUT2D eigenvalue weighted by Gasteiger charge is 2.26. The molecule has 0 bridgehead atoms. The fraction of sp³-hybridized carbons (Fsp3) is 0.333. The Hall–Kier alpha value is -3.72. The number of pyridine rings is 1. The summed E-state index contributed by atoms with van der Waals surface area (Å²) in [6, 6.07) is 13.4. The molecule has 4 aromatic rings. The van der Waals surface area contributed by atoms with Gasteiger partial charge in [0.15, 0.2) is 0 Å². The first-order valence-electron chi connectivity index (χ1n) is 11.0. The van der Waals surface area contributed by atoms with Crippen LogP contribution in [0.3, 0.4) is 0 Å². The van der Waals surface area contributed by atoms with Crippen LogP contribution in [0.2, 0.25) is 0 Å². The van der Waals surface area contributed by atoms with Crippen LogP contribution >= 0.6 is 0 Å². The predicted molar refractivity (Wildman–Crippen MR) is 119 cm³/mol. The number of hydrogen-bond donors (Lipinski definition) is 0. The van der Waals surface area contributed by atoms with Crippen molar-refractivity contribution in [1.82, 2.24) is 24.8 Å². The van der Waals surface area contributed by atoms with E-state index >= 15 is 0 Å². The average molecular weight is 447 g/mol. The summed E-state index contributed by atoms with van der Waals surface area (Å²) in [6.45, 7) is 4.23. The zero-order valence-corrected chi connectivity index (χ0v) is 18.4. The topological polar surface area (TPSA) is 95.0 Å². The maximum absolute atomic E-state index is 13.5. The lowest BCUT2D eigenvalue weighted by molar-refractivity contribution is 0.0732. The monoisotopic (exact) mass is 447 g/mol. The smallest absolute Gasteiger partial charge is 0.257 e. The van der Waals surface area contributed by atoms with Gasteiger partial charge in [-0.05, 0) is 43.2 Å². The number of benzene rings is 1. The fourth-order valence-electron chi connectivity index (χ4n) is 4.15. The van der Waals surface area contributed by atoms with Gasteiger partial charge in [-0.1, -0.05) is 28.5 Å². The Labute approximate surface area is 190 Å². The average Bonchev–Trinajstić information content (AvgIpc) is 3.42.